The summed E-state index contributed by atoms with van der Waals surface area (Å²) in [6, 6.07) is 0. The molecule has 4 heteroatoms. The molecule has 1 aromatic rings. The van der Waals surface area contributed by atoms with Crippen molar-refractivity contribution >= 4 is 0 Å². The summed E-state index contributed by atoms with van der Waals surface area (Å²) in [7, 11) is 0. The maximum Gasteiger partial charge on any atom is 0.181 e. The van der Waals surface area contributed by atoms with E-state index in [1.807, 2.05) is 0 Å². The quantitative estimate of drug-likeness (QED) is 0.855. The zero-order valence-electron chi connectivity index (χ0n) is 10.9. The molecule has 96 valence electrons. The summed E-state index contributed by atoms with van der Waals surface area (Å²) in [6.07, 6.45) is 2.92. The highest BCUT2D eigenvalue weighted by Gasteiger charge is 2.28. The van der Waals surface area contributed by atoms with Gasteiger partial charge in [0.15, 0.2) is 6.39 Å². The topological polar surface area (TPSA) is 47.3 Å². The number of nitrogens with one attached hydrogen (secondary N) is 1. The molecule has 4 nitrogen and oxygen atoms in total. The lowest BCUT2D eigenvalue weighted by Crippen LogP contribution is -2.20. The fourth-order valence-corrected chi connectivity index (χ4v) is 2.22. The van der Waals surface area contributed by atoms with Crippen LogP contribution < -0.4 is 5.32 Å². The van der Waals surface area contributed by atoms with Crippen LogP contribution in [0, 0.1) is 5.92 Å². The molecule has 0 saturated carbocycles. The van der Waals surface area contributed by atoms with E-state index in [2.05, 4.69) is 31.1 Å². The lowest BCUT2D eigenvalue weighted by atomic mass is 10.0. The average molecular weight is 238 g/mol. The first-order valence-corrected chi connectivity index (χ1v) is 6.41. The van der Waals surface area contributed by atoms with Gasteiger partial charge in [0.25, 0.3) is 0 Å². The second-order valence-electron chi connectivity index (χ2n) is 5.26. The first-order valence-electron chi connectivity index (χ1n) is 6.41. The fraction of sp³-hybridized carbons (Fsp3) is 0.769. The zero-order chi connectivity index (χ0) is 12.3. The maximum atomic E-state index is 5.58. The van der Waals surface area contributed by atoms with E-state index in [4.69, 9.17) is 9.15 Å². The average Bonchev–Trinajstić information content (AvgIpc) is 2.86. The molecule has 1 fully saturated rings. The van der Waals surface area contributed by atoms with Crippen LogP contribution in [-0.2, 0) is 11.3 Å². The molecular formula is C13H22N2O2. The van der Waals surface area contributed by atoms with Gasteiger partial charge >= 0.3 is 0 Å². The molecule has 0 amide bonds. The molecule has 2 rings (SSSR count). The van der Waals surface area contributed by atoms with Gasteiger partial charge in [0.05, 0.1) is 18.4 Å². The first-order chi connectivity index (χ1) is 8.16. The SMILES string of the molecule is CC(C)CNCc1ncoc1C1COC(C)C1. The van der Waals surface area contributed by atoms with Gasteiger partial charge in [-0.2, -0.15) is 0 Å². The summed E-state index contributed by atoms with van der Waals surface area (Å²) < 4.78 is 11.1. The molecule has 2 atom stereocenters. The van der Waals surface area contributed by atoms with Crippen molar-refractivity contribution in [3.63, 3.8) is 0 Å². The number of hydrogen-bond donors (Lipinski definition) is 1. The predicted molar refractivity (Wildman–Crippen MR) is 65.8 cm³/mol. The largest absolute Gasteiger partial charge is 0.448 e. The first kappa shape index (κ1) is 12.6. The van der Waals surface area contributed by atoms with Gasteiger partial charge in [-0.05, 0) is 25.8 Å². The second-order valence-corrected chi connectivity index (χ2v) is 5.26. The predicted octanol–water partition coefficient (Wildman–Crippen LogP) is 2.31. The molecule has 1 N–H and O–H groups in total. The minimum absolute atomic E-state index is 0.335. The van der Waals surface area contributed by atoms with Crippen molar-refractivity contribution in [2.24, 2.45) is 5.92 Å². The molecule has 1 aliphatic rings. The van der Waals surface area contributed by atoms with Crippen LogP contribution in [0.3, 0.4) is 0 Å². The van der Waals surface area contributed by atoms with Crippen LogP contribution in [0.4, 0.5) is 0 Å². The van der Waals surface area contributed by atoms with Crippen LogP contribution in [0.1, 0.15) is 44.6 Å². The van der Waals surface area contributed by atoms with Crippen LogP contribution in [0.25, 0.3) is 0 Å². The number of nitrogens with zero attached hydrogens (tertiary/aromatic N) is 1. The van der Waals surface area contributed by atoms with E-state index in [1.165, 1.54) is 0 Å². The van der Waals surface area contributed by atoms with Crippen LogP contribution in [0.5, 0.6) is 0 Å². The molecule has 1 aliphatic heterocycles. The molecule has 0 radical (unpaired) electrons. The van der Waals surface area contributed by atoms with Crippen molar-refractivity contribution in [2.75, 3.05) is 13.2 Å². The standard InChI is InChI=1S/C13H22N2O2/c1-9(2)5-14-6-12-13(17-8-15-12)11-4-10(3)16-7-11/h8-11,14H,4-7H2,1-3H3. The van der Waals surface area contributed by atoms with Crippen molar-refractivity contribution in [3.8, 4) is 0 Å². The van der Waals surface area contributed by atoms with Crippen LogP contribution in [0.2, 0.25) is 0 Å². The molecule has 17 heavy (non-hydrogen) atoms. The summed E-state index contributed by atoms with van der Waals surface area (Å²) in [4.78, 5) is 4.30. The van der Waals surface area contributed by atoms with Crippen molar-refractivity contribution in [1.82, 2.24) is 10.3 Å². The Kier molecular flexibility index (Phi) is 4.18. The van der Waals surface area contributed by atoms with Gasteiger partial charge in [-0.15, -0.1) is 0 Å². The van der Waals surface area contributed by atoms with Crippen molar-refractivity contribution in [2.45, 2.75) is 45.8 Å². The Hall–Kier alpha value is -0.870. The van der Waals surface area contributed by atoms with E-state index < -0.39 is 0 Å². The molecule has 1 aromatic heterocycles. The molecule has 1 saturated heterocycles. The van der Waals surface area contributed by atoms with Gasteiger partial charge in [-0.3, -0.25) is 0 Å². The number of ether oxygens (including phenoxy) is 1. The van der Waals surface area contributed by atoms with Gasteiger partial charge in [0.2, 0.25) is 0 Å². The molecule has 0 spiro atoms. The van der Waals surface area contributed by atoms with E-state index in [-0.39, 0.29) is 0 Å². The monoisotopic (exact) mass is 238 g/mol. The summed E-state index contributed by atoms with van der Waals surface area (Å²) in [5, 5.41) is 3.40. The van der Waals surface area contributed by atoms with Crippen molar-refractivity contribution in [1.29, 1.82) is 0 Å². The van der Waals surface area contributed by atoms with Crippen LogP contribution >= 0.6 is 0 Å². The third-order valence-electron chi connectivity index (χ3n) is 3.09. The minimum atomic E-state index is 0.335. The zero-order valence-corrected chi connectivity index (χ0v) is 10.9. The number of rotatable bonds is 5. The molecule has 0 aliphatic carbocycles. The Labute approximate surface area is 103 Å². The summed E-state index contributed by atoms with van der Waals surface area (Å²) >= 11 is 0. The maximum absolute atomic E-state index is 5.58. The lowest BCUT2D eigenvalue weighted by Gasteiger charge is -2.09. The molecule has 0 bridgehead atoms. The third-order valence-corrected chi connectivity index (χ3v) is 3.09. The minimum Gasteiger partial charge on any atom is -0.448 e. The Morgan fingerprint density at radius 1 is 1.53 bits per heavy atom. The Morgan fingerprint density at radius 2 is 2.35 bits per heavy atom. The van der Waals surface area contributed by atoms with E-state index >= 15 is 0 Å². The Morgan fingerprint density at radius 3 is 3.00 bits per heavy atom. The highest BCUT2D eigenvalue weighted by atomic mass is 16.5. The summed E-state index contributed by atoms with van der Waals surface area (Å²) in [6.45, 7) is 9.05. The lowest BCUT2D eigenvalue weighted by molar-refractivity contribution is 0.122. The van der Waals surface area contributed by atoms with Gasteiger partial charge in [-0.1, -0.05) is 13.8 Å². The van der Waals surface area contributed by atoms with Gasteiger partial charge in [0, 0.05) is 12.5 Å². The molecular weight excluding hydrogens is 216 g/mol. The second kappa shape index (κ2) is 5.65. The summed E-state index contributed by atoms with van der Waals surface area (Å²) in [5.74, 6) is 2.04. The van der Waals surface area contributed by atoms with Crippen molar-refractivity contribution < 1.29 is 9.15 Å². The fourth-order valence-electron chi connectivity index (χ4n) is 2.22. The Balaban J connectivity index is 1.92. The van der Waals surface area contributed by atoms with Crippen LogP contribution in [-0.4, -0.2) is 24.2 Å². The third kappa shape index (κ3) is 3.30. The van der Waals surface area contributed by atoms with E-state index in [0.717, 1.165) is 37.6 Å². The van der Waals surface area contributed by atoms with Crippen molar-refractivity contribution in [3.05, 3.63) is 17.8 Å². The smallest absolute Gasteiger partial charge is 0.181 e. The van der Waals surface area contributed by atoms with Gasteiger partial charge in [-0.25, -0.2) is 4.98 Å². The van der Waals surface area contributed by atoms with E-state index in [9.17, 15) is 0 Å². The Bertz CT molecular complexity index is 349. The van der Waals surface area contributed by atoms with E-state index in [1.54, 1.807) is 6.39 Å². The summed E-state index contributed by atoms with van der Waals surface area (Å²) in [5.41, 5.74) is 1.04. The van der Waals surface area contributed by atoms with Gasteiger partial charge < -0.3 is 14.5 Å². The number of oxazole rings is 1. The van der Waals surface area contributed by atoms with E-state index in [0.29, 0.717) is 17.9 Å². The van der Waals surface area contributed by atoms with Crippen LogP contribution in [0.15, 0.2) is 10.8 Å². The highest BCUT2D eigenvalue weighted by Crippen LogP contribution is 2.30. The number of aromatic nitrogens is 1. The molecule has 2 heterocycles. The molecule has 2 unspecified atom stereocenters. The highest BCUT2D eigenvalue weighted by molar-refractivity contribution is 5.14. The molecule has 0 aromatic carbocycles. The normalized spacial score (nSPS) is 24.7. The van der Waals surface area contributed by atoms with Gasteiger partial charge in [0.1, 0.15) is 5.76 Å². The number of hydrogen-bond acceptors (Lipinski definition) is 4.